The van der Waals surface area contributed by atoms with Crippen molar-refractivity contribution in [3.63, 3.8) is 0 Å². The van der Waals surface area contributed by atoms with Gasteiger partial charge in [-0.2, -0.15) is 0 Å². The van der Waals surface area contributed by atoms with Crippen molar-refractivity contribution in [2.24, 2.45) is 22.2 Å². The molecule has 0 aliphatic heterocycles. The molecule has 0 aliphatic carbocycles. The van der Waals surface area contributed by atoms with E-state index in [2.05, 4.69) is 11.9 Å². The van der Waals surface area contributed by atoms with Gasteiger partial charge in [0.1, 0.15) is 19.8 Å². The highest BCUT2D eigenvalue weighted by Gasteiger charge is 2.27. The van der Waals surface area contributed by atoms with E-state index in [1.54, 1.807) is 33.8 Å². The second-order valence-corrected chi connectivity index (χ2v) is 13.1. The van der Waals surface area contributed by atoms with E-state index in [4.69, 9.17) is 24.4 Å². The van der Waals surface area contributed by atoms with Crippen LogP contribution in [-0.2, 0) is 43.0 Å². The second-order valence-electron chi connectivity index (χ2n) is 13.1. The van der Waals surface area contributed by atoms with Crippen LogP contribution in [0, 0.1) is 22.2 Å². The summed E-state index contributed by atoms with van der Waals surface area (Å²) in [6.45, 7) is 28.1. The lowest BCUT2D eigenvalue weighted by atomic mass is 9.91. The molecule has 0 aromatic carbocycles. The number of carboxylic acid groups (broad SMARTS) is 2. The largest absolute Gasteiger partial charge is 0.481 e. The van der Waals surface area contributed by atoms with Crippen LogP contribution in [0.5, 0.6) is 0 Å². The first kappa shape index (κ1) is 50.4. The number of hydrogen-bond acceptors (Lipinski definition) is 9. The van der Waals surface area contributed by atoms with Gasteiger partial charge >= 0.3 is 29.8 Å². The van der Waals surface area contributed by atoms with Gasteiger partial charge in [0.25, 0.3) is 0 Å². The lowest BCUT2D eigenvalue weighted by Gasteiger charge is -2.20. The van der Waals surface area contributed by atoms with Crippen molar-refractivity contribution in [1.29, 1.82) is 0 Å². The van der Waals surface area contributed by atoms with Crippen molar-refractivity contribution < 1.29 is 53.2 Å². The highest BCUT2D eigenvalue weighted by molar-refractivity contribution is 5.78. The summed E-state index contributed by atoms with van der Waals surface area (Å²) < 4.78 is 14.5. The summed E-state index contributed by atoms with van der Waals surface area (Å²) >= 11 is 0. The molecule has 0 aromatic rings. The van der Waals surface area contributed by atoms with Crippen molar-refractivity contribution in [3.05, 3.63) is 12.7 Å². The molecule has 1 unspecified atom stereocenters. The first-order valence-corrected chi connectivity index (χ1v) is 16.3. The molecule has 47 heavy (non-hydrogen) atoms. The van der Waals surface area contributed by atoms with Gasteiger partial charge in [0.2, 0.25) is 5.91 Å². The van der Waals surface area contributed by atoms with Gasteiger partial charge in [-0.1, -0.05) is 47.3 Å². The molecule has 276 valence electrons. The standard InChI is InChI=1S/C12H20O6.C9H16O2.C8H17NO.C6H12O2/c1-4-12(2,3)11(16)18-8-7-17-10(15)6-5-9(13)14;1-5-7-11-8(10)9(3,4)6-2;1-5-7(4)8(10)9-6(2)3;1-4-6(2,3)5(7)8/h4-8H2,1-3H3,(H,13,14);5H,1,6-7H2,2-4H3;6-7H,5H2,1-4H3,(H,9,10);4H2,1-3H3,(H,7,8). The number of rotatable bonds is 17. The lowest BCUT2D eigenvalue weighted by molar-refractivity contribution is -0.159. The maximum atomic E-state index is 11.5. The first-order valence-electron chi connectivity index (χ1n) is 16.3. The minimum absolute atomic E-state index is 0.0128. The predicted octanol–water partition coefficient (Wildman–Crippen LogP) is 6.59. The number of esters is 3. The highest BCUT2D eigenvalue weighted by atomic mass is 16.6. The molecule has 0 saturated carbocycles. The third kappa shape index (κ3) is 28.5. The van der Waals surface area contributed by atoms with E-state index in [1.807, 2.05) is 62.3 Å². The van der Waals surface area contributed by atoms with E-state index < -0.39 is 28.7 Å². The number of aliphatic carboxylic acids is 2. The zero-order valence-electron chi connectivity index (χ0n) is 31.4. The summed E-state index contributed by atoms with van der Waals surface area (Å²) in [5, 5.41) is 19.6. The van der Waals surface area contributed by atoms with Crippen LogP contribution in [0.15, 0.2) is 12.7 Å². The number of carbonyl (C=O) groups excluding carboxylic acids is 4. The molecule has 0 saturated heterocycles. The van der Waals surface area contributed by atoms with Crippen molar-refractivity contribution in [2.75, 3.05) is 19.8 Å². The smallest absolute Gasteiger partial charge is 0.311 e. The van der Waals surface area contributed by atoms with E-state index in [0.29, 0.717) is 19.4 Å². The molecule has 12 heteroatoms. The molecule has 1 atom stereocenters. The maximum Gasteiger partial charge on any atom is 0.311 e. The molecule has 0 radical (unpaired) electrons. The van der Waals surface area contributed by atoms with Gasteiger partial charge in [0, 0.05) is 12.0 Å². The number of carbonyl (C=O) groups is 6. The molecule has 0 aliphatic rings. The van der Waals surface area contributed by atoms with Gasteiger partial charge in [-0.15, -0.1) is 0 Å². The third-order valence-electron chi connectivity index (χ3n) is 7.28. The summed E-state index contributed by atoms with van der Waals surface area (Å²) in [5.74, 6) is -2.56. The van der Waals surface area contributed by atoms with Crippen molar-refractivity contribution in [2.45, 2.75) is 135 Å². The molecule has 0 fully saturated rings. The van der Waals surface area contributed by atoms with Crippen molar-refractivity contribution in [1.82, 2.24) is 5.32 Å². The Morgan fingerprint density at radius 2 is 1.13 bits per heavy atom. The average Bonchev–Trinajstić information content (AvgIpc) is 3.00. The molecule has 1 amide bonds. The Labute approximate surface area is 283 Å². The highest BCUT2D eigenvalue weighted by Crippen LogP contribution is 2.22. The Bertz CT molecular complexity index is 953. The summed E-state index contributed by atoms with van der Waals surface area (Å²) in [4.78, 5) is 65.2. The van der Waals surface area contributed by atoms with Crippen LogP contribution in [0.3, 0.4) is 0 Å². The normalized spacial score (nSPS) is 11.4. The summed E-state index contributed by atoms with van der Waals surface area (Å²) in [6, 6.07) is 0.265. The molecule has 0 spiro atoms. The number of amides is 1. The number of nitrogens with one attached hydrogen (secondary N) is 1. The molecule has 3 N–H and O–H groups in total. The van der Waals surface area contributed by atoms with Crippen LogP contribution in [0.1, 0.15) is 129 Å². The maximum absolute atomic E-state index is 11.5. The Morgan fingerprint density at radius 1 is 0.702 bits per heavy atom. The van der Waals surface area contributed by atoms with Crippen LogP contribution < -0.4 is 5.32 Å². The fraction of sp³-hybridized carbons (Fsp3) is 0.771. The Hall–Kier alpha value is -3.44. The van der Waals surface area contributed by atoms with Gasteiger partial charge in [0.15, 0.2) is 0 Å². The molecular weight excluding hydrogens is 610 g/mol. The van der Waals surface area contributed by atoms with Gasteiger partial charge in [-0.05, 0) is 81.1 Å². The zero-order valence-corrected chi connectivity index (χ0v) is 31.4. The third-order valence-corrected chi connectivity index (χ3v) is 7.28. The molecule has 0 rings (SSSR count). The summed E-state index contributed by atoms with van der Waals surface area (Å²) in [6.07, 6.45) is 4.18. The summed E-state index contributed by atoms with van der Waals surface area (Å²) in [7, 11) is 0. The predicted molar refractivity (Wildman–Crippen MR) is 183 cm³/mol. The Morgan fingerprint density at radius 3 is 1.45 bits per heavy atom. The van der Waals surface area contributed by atoms with Gasteiger partial charge < -0.3 is 29.7 Å². The van der Waals surface area contributed by atoms with E-state index in [9.17, 15) is 28.8 Å². The number of hydrogen-bond donors (Lipinski definition) is 3. The monoisotopic (exact) mass is 675 g/mol. The molecule has 0 bridgehead atoms. The van der Waals surface area contributed by atoms with Crippen molar-refractivity contribution in [3.8, 4) is 0 Å². The van der Waals surface area contributed by atoms with Gasteiger partial charge in [-0.25, -0.2) is 0 Å². The van der Waals surface area contributed by atoms with Crippen LogP contribution in [-0.4, -0.2) is 71.8 Å². The van der Waals surface area contributed by atoms with E-state index in [0.717, 1.165) is 12.8 Å². The molecule has 12 nitrogen and oxygen atoms in total. The Kier molecular flexibility index (Phi) is 28.5. The topological polar surface area (TPSA) is 183 Å². The summed E-state index contributed by atoms with van der Waals surface area (Å²) in [5.41, 5.74) is -1.45. The SMILES string of the molecule is C=CCOC(=O)C(C)(C)CC.CCC(C)(C)C(=O)O.CCC(C)(C)C(=O)OCCOC(=O)CCC(=O)O.CCC(C)C(=O)NC(C)C. The zero-order chi connectivity index (χ0) is 38.0. The number of ether oxygens (including phenoxy) is 3. The fourth-order valence-electron chi connectivity index (χ4n) is 2.15. The lowest BCUT2D eigenvalue weighted by Crippen LogP contribution is -2.34. The molecule has 0 heterocycles. The van der Waals surface area contributed by atoms with Crippen LogP contribution in [0.2, 0.25) is 0 Å². The second kappa shape index (κ2) is 26.6. The van der Waals surface area contributed by atoms with E-state index in [-0.39, 0.29) is 61.3 Å². The Balaban J connectivity index is -0.000000277. The van der Waals surface area contributed by atoms with Crippen LogP contribution in [0.25, 0.3) is 0 Å². The van der Waals surface area contributed by atoms with E-state index >= 15 is 0 Å². The van der Waals surface area contributed by atoms with E-state index in [1.165, 1.54) is 0 Å². The number of carboxylic acids is 2. The quantitative estimate of drug-likeness (QED) is 0.0654. The van der Waals surface area contributed by atoms with Crippen molar-refractivity contribution >= 4 is 35.8 Å². The van der Waals surface area contributed by atoms with Gasteiger partial charge in [-0.3, -0.25) is 28.8 Å². The minimum Gasteiger partial charge on any atom is -0.481 e. The molecule has 0 aromatic heterocycles. The average molecular weight is 676 g/mol. The fourth-order valence-corrected chi connectivity index (χ4v) is 2.15. The van der Waals surface area contributed by atoms with Crippen LogP contribution in [0.4, 0.5) is 0 Å². The molecular formula is C35H65NO11. The minimum atomic E-state index is -1.05. The van der Waals surface area contributed by atoms with Crippen LogP contribution >= 0.6 is 0 Å². The first-order chi connectivity index (χ1) is 21.4. The van der Waals surface area contributed by atoms with Gasteiger partial charge in [0.05, 0.1) is 29.1 Å².